The molecule has 0 aliphatic carbocycles. The molecule has 6 nitrogen and oxygen atoms in total. The average molecular weight is 401 g/mol. The molecule has 8 heteroatoms. The summed E-state index contributed by atoms with van der Waals surface area (Å²) in [6.07, 6.45) is 1.18. The zero-order valence-corrected chi connectivity index (χ0v) is 15.6. The monoisotopic (exact) mass is 401 g/mol. The lowest BCUT2D eigenvalue weighted by Gasteiger charge is -2.29. The van der Waals surface area contributed by atoms with Crippen LogP contribution in [0, 0.1) is 11.6 Å². The maximum absolute atomic E-state index is 14.2. The van der Waals surface area contributed by atoms with Crippen LogP contribution in [0.4, 0.5) is 14.5 Å². The predicted octanol–water partition coefficient (Wildman–Crippen LogP) is 3.19. The van der Waals surface area contributed by atoms with E-state index < -0.39 is 17.5 Å². The van der Waals surface area contributed by atoms with Gasteiger partial charge in [-0.2, -0.15) is 5.06 Å². The summed E-state index contributed by atoms with van der Waals surface area (Å²) in [5.74, 6) is -1.82. The van der Waals surface area contributed by atoms with Crippen molar-refractivity contribution in [2.45, 2.75) is 25.3 Å². The molecule has 29 heavy (non-hydrogen) atoms. The largest absolute Gasteiger partial charge is 0.448 e. The van der Waals surface area contributed by atoms with E-state index in [2.05, 4.69) is 10.6 Å². The average Bonchev–Trinajstić information content (AvgIpc) is 2.72. The van der Waals surface area contributed by atoms with Gasteiger partial charge in [0.2, 0.25) is 5.76 Å². The number of ether oxygens (including phenoxy) is 1. The Morgan fingerprint density at radius 1 is 1.17 bits per heavy atom. The first kappa shape index (κ1) is 19.4. The van der Waals surface area contributed by atoms with E-state index >= 15 is 0 Å². The summed E-state index contributed by atoms with van der Waals surface area (Å²) in [6, 6.07) is 10.9. The van der Waals surface area contributed by atoms with Crippen molar-refractivity contribution in [1.29, 1.82) is 0 Å². The van der Waals surface area contributed by atoms with Crippen LogP contribution in [0.2, 0.25) is 0 Å². The Labute approximate surface area is 166 Å². The predicted molar refractivity (Wildman–Crippen MR) is 102 cm³/mol. The lowest BCUT2D eigenvalue weighted by Crippen LogP contribution is -2.45. The second-order valence-electron chi connectivity index (χ2n) is 7.12. The van der Waals surface area contributed by atoms with E-state index in [9.17, 15) is 18.8 Å². The molecule has 2 aromatic rings. The highest BCUT2D eigenvalue weighted by atomic mass is 19.2. The fourth-order valence-electron chi connectivity index (χ4n) is 3.49. The van der Waals surface area contributed by atoms with Crippen LogP contribution in [-0.2, 0) is 11.2 Å². The van der Waals surface area contributed by atoms with Crippen LogP contribution in [0.5, 0.6) is 5.75 Å². The Morgan fingerprint density at radius 3 is 2.72 bits per heavy atom. The van der Waals surface area contributed by atoms with Gasteiger partial charge in [-0.05, 0) is 36.6 Å². The molecule has 1 fully saturated rings. The van der Waals surface area contributed by atoms with Crippen LogP contribution in [0.15, 0.2) is 53.9 Å². The number of hydroxylamine groups is 2. The fraction of sp³-hybridized carbons (Fsp3) is 0.286. The van der Waals surface area contributed by atoms with Crippen LogP contribution in [0.25, 0.3) is 0 Å². The number of benzene rings is 2. The van der Waals surface area contributed by atoms with Gasteiger partial charge in [-0.25, -0.2) is 8.78 Å². The van der Waals surface area contributed by atoms with Crippen molar-refractivity contribution >= 4 is 11.6 Å². The highest BCUT2D eigenvalue weighted by Gasteiger charge is 2.28. The number of fused-ring (bicyclic) bond motifs is 1. The SMILES string of the molecule is O=C(NC1CCN(O)CC1)C1=C(Cc2cccc(F)c2F)Nc2ccccc2O1. The Hall–Kier alpha value is -2.97. The van der Waals surface area contributed by atoms with Crippen LogP contribution < -0.4 is 15.4 Å². The third-order valence-electron chi connectivity index (χ3n) is 5.07. The van der Waals surface area contributed by atoms with Gasteiger partial charge in [0.25, 0.3) is 5.91 Å². The summed E-state index contributed by atoms with van der Waals surface area (Å²) in [6.45, 7) is 0.931. The molecule has 0 atom stereocenters. The van der Waals surface area contributed by atoms with Crippen molar-refractivity contribution < 1.29 is 23.5 Å². The molecule has 0 spiro atoms. The summed E-state index contributed by atoms with van der Waals surface area (Å²) < 4.78 is 33.7. The number of para-hydroxylation sites is 2. The van der Waals surface area contributed by atoms with Gasteiger partial charge in [-0.15, -0.1) is 0 Å². The van der Waals surface area contributed by atoms with E-state index in [0.29, 0.717) is 43.1 Å². The molecule has 152 valence electrons. The number of hydrogen-bond acceptors (Lipinski definition) is 5. The molecule has 1 amide bonds. The molecule has 2 heterocycles. The number of piperidine rings is 1. The molecule has 1 saturated heterocycles. The Morgan fingerprint density at radius 2 is 1.93 bits per heavy atom. The molecule has 2 aliphatic rings. The molecule has 0 radical (unpaired) electrons. The van der Waals surface area contributed by atoms with Crippen molar-refractivity contribution in [1.82, 2.24) is 10.4 Å². The van der Waals surface area contributed by atoms with Crippen LogP contribution in [0.1, 0.15) is 18.4 Å². The Balaban J connectivity index is 1.61. The molecule has 2 aliphatic heterocycles. The number of allylic oxidation sites excluding steroid dienone is 1. The van der Waals surface area contributed by atoms with Crippen LogP contribution in [-0.4, -0.2) is 35.3 Å². The topological polar surface area (TPSA) is 73.8 Å². The van der Waals surface area contributed by atoms with Gasteiger partial charge in [0.15, 0.2) is 17.4 Å². The third kappa shape index (κ3) is 4.23. The van der Waals surface area contributed by atoms with E-state index in [1.54, 1.807) is 18.2 Å². The van der Waals surface area contributed by atoms with Gasteiger partial charge in [-0.3, -0.25) is 4.79 Å². The minimum Gasteiger partial charge on any atom is -0.448 e. The number of halogens is 2. The zero-order chi connectivity index (χ0) is 20.4. The molecule has 0 saturated carbocycles. The van der Waals surface area contributed by atoms with E-state index in [1.807, 2.05) is 6.07 Å². The summed E-state index contributed by atoms with van der Waals surface area (Å²) in [4.78, 5) is 12.9. The van der Waals surface area contributed by atoms with Crippen molar-refractivity contribution in [3.05, 3.63) is 71.1 Å². The number of nitrogens with one attached hydrogen (secondary N) is 2. The summed E-state index contributed by atoms with van der Waals surface area (Å²) >= 11 is 0. The second kappa shape index (κ2) is 8.18. The minimum absolute atomic E-state index is 0.0267. The lowest BCUT2D eigenvalue weighted by molar-refractivity contribution is -0.124. The Kier molecular flexibility index (Phi) is 5.46. The van der Waals surface area contributed by atoms with Crippen molar-refractivity contribution in [2.75, 3.05) is 18.4 Å². The molecule has 0 aromatic heterocycles. The lowest BCUT2D eigenvalue weighted by atomic mass is 10.0. The van der Waals surface area contributed by atoms with Crippen molar-refractivity contribution in [3.63, 3.8) is 0 Å². The molecule has 4 rings (SSSR count). The van der Waals surface area contributed by atoms with Gasteiger partial charge in [-0.1, -0.05) is 24.3 Å². The highest BCUT2D eigenvalue weighted by molar-refractivity contribution is 5.94. The minimum atomic E-state index is -0.948. The third-order valence-corrected chi connectivity index (χ3v) is 5.07. The fourth-order valence-corrected chi connectivity index (χ4v) is 3.49. The maximum Gasteiger partial charge on any atom is 0.289 e. The number of nitrogens with zero attached hydrogens (tertiary/aromatic N) is 1. The number of amides is 1. The first-order valence-electron chi connectivity index (χ1n) is 9.46. The number of hydrogen-bond donors (Lipinski definition) is 3. The molecular weight excluding hydrogens is 380 g/mol. The number of rotatable bonds is 4. The highest BCUT2D eigenvalue weighted by Crippen LogP contribution is 2.33. The van der Waals surface area contributed by atoms with Crippen molar-refractivity contribution in [2.24, 2.45) is 0 Å². The molecule has 3 N–H and O–H groups in total. The van der Waals surface area contributed by atoms with Gasteiger partial charge < -0.3 is 20.6 Å². The maximum atomic E-state index is 14.2. The smallest absolute Gasteiger partial charge is 0.289 e. The molecule has 2 aromatic carbocycles. The van der Waals surface area contributed by atoms with E-state index in [-0.39, 0.29) is 23.8 Å². The van der Waals surface area contributed by atoms with Gasteiger partial charge >= 0.3 is 0 Å². The molecule has 0 bridgehead atoms. The first-order valence-corrected chi connectivity index (χ1v) is 9.46. The molecule has 0 unspecified atom stereocenters. The van der Waals surface area contributed by atoms with E-state index in [4.69, 9.17) is 4.74 Å². The normalized spacial score (nSPS) is 17.3. The van der Waals surface area contributed by atoms with E-state index in [1.165, 1.54) is 17.2 Å². The number of carbonyl (C=O) groups is 1. The Bertz CT molecular complexity index is 956. The zero-order valence-electron chi connectivity index (χ0n) is 15.6. The van der Waals surface area contributed by atoms with Crippen molar-refractivity contribution in [3.8, 4) is 5.75 Å². The quantitative estimate of drug-likeness (QED) is 0.734. The summed E-state index contributed by atoms with van der Waals surface area (Å²) in [7, 11) is 0. The second-order valence-corrected chi connectivity index (χ2v) is 7.12. The summed E-state index contributed by atoms with van der Waals surface area (Å²) in [5.41, 5.74) is 1.11. The van der Waals surface area contributed by atoms with Crippen LogP contribution in [0.3, 0.4) is 0 Å². The first-order chi connectivity index (χ1) is 14.0. The van der Waals surface area contributed by atoms with Gasteiger partial charge in [0.05, 0.1) is 11.4 Å². The van der Waals surface area contributed by atoms with E-state index in [0.717, 1.165) is 6.07 Å². The summed E-state index contributed by atoms with van der Waals surface area (Å²) in [5, 5.41) is 16.7. The standard InChI is InChI=1S/C21H21F2N3O3/c22-15-5-3-4-13(19(15)23)12-17-20(29-18-7-2-1-6-16(18)25-17)21(27)24-14-8-10-26(28)11-9-14/h1-7,14,25,28H,8-12H2,(H,24,27). The number of carbonyl (C=O) groups excluding carboxylic acids is 1. The van der Waals surface area contributed by atoms with Crippen LogP contribution >= 0.6 is 0 Å². The molecular formula is C21H21F2N3O3. The van der Waals surface area contributed by atoms with Gasteiger partial charge in [0, 0.05) is 25.6 Å². The van der Waals surface area contributed by atoms with Gasteiger partial charge in [0.1, 0.15) is 0 Å². The number of anilines is 1.